The molecule has 3 aromatic rings. The van der Waals surface area contributed by atoms with E-state index in [1.165, 1.54) is 24.0 Å². The fraction of sp³-hybridized carbons (Fsp3) is 0.375. The number of nitrogens with one attached hydrogen (secondary N) is 1. The zero-order valence-electron chi connectivity index (χ0n) is 18.0. The van der Waals surface area contributed by atoms with Gasteiger partial charge < -0.3 is 10.1 Å². The number of aromatic nitrogens is 3. The second-order valence-electron chi connectivity index (χ2n) is 8.07. The Bertz CT molecular complexity index is 1200. The molecule has 0 bridgehead atoms. The van der Waals surface area contributed by atoms with Crippen LogP contribution in [0.1, 0.15) is 48.9 Å². The highest BCUT2D eigenvalue weighted by atomic mass is 16.5. The molecule has 0 fully saturated rings. The number of rotatable bonds is 7. The van der Waals surface area contributed by atoms with Gasteiger partial charge >= 0.3 is 5.97 Å². The van der Waals surface area contributed by atoms with E-state index in [4.69, 9.17) is 4.74 Å². The van der Waals surface area contributed by atoms with Crippen LogP contribution in [0.25, 0.3) is 10.9 Å². The van der Waals surface area contributed by atoms with Crippen LogP contribution in [0.5, 0.6) is 0 Å². The summed E-state index contributed by atoms with van der Waals surface area (Å²) < 4.78 is 6.19. The van der Waals surface area contributed by atoms with Crippen molar-refractivity contribution in [2.75, 3.05) is 6.61 Å². The van der Waals surface area contributed by atoms with Gasteiger partial charge in [-0.25, -0.2) is 4.68 Å². The van der Waals surface area contributed by atoms with Gasteiger partial charge in [0.15, 0.2) is 6.61 Å². The van der Waals surface area contributed by atoms with Crippen molar-refractivity contribution in [3.8, 4) is 0 Å². The minimum absolute atomic E-state index is 0.0304. The highest BCUT2D eigenvalue weighted by Crippen LogP contribution is 2.24. The number of carbonyl (C=O) groups excluding carboxylic acids is 2. The minimum atomic E-state index is -0.580. The third kappa shape index (κ3) is 5.01. The molecule has 1 aromatic heterocycles. The number of hydrogen-bond acceptors (Lipinski definition) is 6. The molecular formula is C24H26N4O4. The maximum atomic E-state index is 12.4. The van der Waals surface area contributed by atoms with E-state index in [0.717, 1.165) is 23.1 Å². The van der Waals surface area contributed by atoms with Gasteiger partial charge in [-0.05, 0) is 61.4 Å². The van der Waals surface area contributed by atoms with Crippen LogP contribution in [-0.4, -0.2) is 33.5 Å². The first-order chi connectivity index (χ1) is 15.5. The van der Waals surface area contributed by atoms with E-state index in [-0.39, 0.29) is 37.1 Å². The number of aryl methyl sites for hydroxylation is 3. The van der Waals surface area contributed by atoms with Gasteiger partial charge in [-0.1, -0.05) is 35.5 Å². The van der Waals surface area contributed by atoms with Crippen molar-refractivity contribution in [2.24, 2.45) is 0 Å². The van der Waals surface area contributed by atoms with Crippen LogP contribution in [0, 0.1) is 0 Å². The first-order valence-corrected chi connectivity index (χ1v) is 10.9. The van der Waals surface area contributed by atoms with Gasteiger partial charge in [0.25, 0.3) is 11.5 Å². The number of esters is 1. The summed E-state index contributed by atoms with van der Waals surface area (Å²) in [7, 11) is 0. The van der Waals surface area contributed by atoms with Crippen molar-refractivity contribution in [3.63, 3.8) is 0 Å². The number of amides is 1. The topological polar surface area (TPSA) is 103 Å². The van der Waals surface area contributed by atoms with Crippen molar-refractivity contribution in [1.29, 1.82) is 0 Å². The molecule has 1 heterocycles. The largest absolute Gasteiger partial charge is 0.456 e. The fourth-order valence-corrected chi connectivity index (χ4v) is 3.97. The summed E-state index contributed by atoms with van der Waals surface area (Å²) in [6, 6.07) is 13.0. The highest BCUT2D eigenvalue weighted by molar-refractivity contribution is 5.81. The highest BCUT2D eigenvalue weighted by Gasteiger charge is 2.15. The van der Waals surface area contributed by atoms with Gasteiger partial charge in [0.1, 0.15) is 5.52 Å². The molecule has 0 aliphatic heterocycles. The molecule has 1 aliphatic carbocycles. The normalized spacial score (nSPS) is 13.9. The summed E-state index contributed by atoms with van der Waals surface area (Å²) in [5.74, 6) is -0.949. The fourth-order valence-electron chi connectivity index (χ4n) is 3.97. The molecule has 0 spiro atoms. The van der Waals surface area contributed by atoms with Crippen LogP contribution < -0.4 is 10.9 Å². The number of nitrogens with zero attached hydrogens (tertiary/aromatic N) is 3. The lowest BCUT2D eigenvalue weighted by atomic mass is 9.89. The number of ether oxygens (including phenoxy) is 1. The van der Waals surface area contributed by atoms with Gasteiger partial charge in [-0.2, -0.15) is 0 Å². The first-order valence-electron chi connectivity index (χ1n) is 10.9. The van der Waals surface area contributed by atoms with Gasteiger partial charge in [0.2, 0.25) is 0 Å². The second-order valence-corrected chi connectivity index (χ2v) is 8.07. The van der Waals surface area contributed by atoms with Gasteiger partial charge in [-0.15, -0.1) is 5.10 Å². The van der Waals surface area contributed by atoms with Gasteiger partial charge in [-0.3, -0.25) is 14.4 Å². The molecule has 0 radical (unpaired) electrons. The van der Waals surface area contributed by atoms with Crippen LogP contribution >= 0.6 is 0 Å². The summed E-state index contributed by atoms with van der Waals surface area (Å²) in [4.78, 5) is 36.7. The molecule has 1 aliphatic rings. The van der Waals surface area contributed by atoms with E-state index < -0.39 is 5.97 Å². The molecule has 8 nitrogen and oxygen atoms in total. The predicted octanol–water partition coefficient (Wildman–Crippen LogP) is 2.48. The smallest absolute Gasteiger partial charge is 0.308 e. The third-order valence-corrected chi connectivity index (χ3v) is 5.77. The molecule has 2 aromatic carbocycles. The van der Waals surface area contributed by atoms with Crippen molar-refractivity contribution in [3.05, 3.63) is 69.5 Å². The van der Waals surface area contributed by atoms with E-state index >= 15 is 0 Å². The number of fused-ring (bicyclic) bond motifs is 2. The Balaban J connectivity index is 1.25. The van der Waals surface area contributed by atoms with Crippen LogP contribution in [-0.2, 0) is 33.7 Å². The number of carbonyl (C=O) groups is 2. The molecule has 166 valence electrons. The molecule has 32 heavy (non-hydrogen) atoms. The van der Waals surface area contributed by atoms with Crippen LogP contribution in [0.15, 0.2) is 47.3 Å². The summed E-state index contributed by atoms with van der Waals surface area (Å²) in [5.41, 5.74) is 3.97. The molecule has 0 saturated carbocycles. The van der Waals surface area contributed by atoms with E-state index in [9.17, 15) is 14.4 Å². The van der Waals surface area contributed by atoms with E-state index in [2.05, 4.69) is 27.8 Å². The summed E-state index contributed by atoms with van der Waals surface area (Å²) in [5, 5.41) is 11.1. The predicted molar refractivity (Wildman–Crippen MR) is 119 cm³/mol. The zero-order chi connectivity index (χ0) is 22.5. The van der Waals surface area contributed by atoms with Crippen molar-refractivity contribution in [1.82, 2.24) is 20.3 Å². The monoisotopic (exact) mass is 434 g/mol. The second kappa shape index (κ2) is 9.72. The Morgan fingerprint density at radius 3 is 2.75 bits per heavy atom. The average molecular weight is 434 g/mol. The minimum Gasteiger partial charge on any atom is -0.456 e. The quantitative estimate of drug-likeness (QED) is 0.573. The SMILES string of the molecule is CC(NC(=O)COC(=O)CCn1nnc2ccccc2c1=O)c1ccc2c(c1)CCCC2. The lowest BCUT2D eigenvalue weighted by molar-refractivity contribution is -0.149. The lowest BCUT2D eigenvalue weighted by Crippen LogP contribution is -2.31. The van der Waals surface area contributed by atoms with Crippen molar-refractivity contribution >= 4 is 22.8 Å². The lowest BCUT2D eigenvalue weighted by Gasteiger charge is -2.20. The third-order valence-electron chi connectivity index (χ3n) is 5.77. The summed E-state index contributed by atoms with van der Waals surface area (Å²) >= 11 is 0. The molecule has 0 saturated heterocycles. The molecule has 1 unspecified atom stereocenters. The van der Waals surface area contributed by atoms with Crippen LogP contribution in [0.3, 0.4) is 0 Å². The number of benzene rings is 2. The molecule has 1 N–H and O–H groups in total. The molecule has 1 amide bonds. The Kier molecular flexibility index (Phi) is 6.58. The van der Waals surface area contributed by atoms with Crippen molar-refractivity contribution < 1.29 is 14.3 Å². The zero-order valence-corrected chi connectivity index (χ0v) is 18.0. The van der Waals surface area contributed by atoms with Crippen molar-refractivity contribution in [2.45, 2.75) is 51.6 Å². The maximum absolute atomic E-state index is 12.4. The maximum Gasteiger partial charge on any atom is 0.308 e. The average Bonchev–Trinajstić information content (AvgIpc) is 2.82. The first kappa shape index (κ1) is 21.7. The molecular weight excluding hydrogens is 408 g/mol. The van der Waals surface area contributed by atoms with Crippen LogP contribution in [0.4, 0.5) is 0 Å². The van der Waals surface area contributed by atoms with E-state index in [1.807, 2.05) is 13.0 Å². The Labute approximate surface area is 185 Å². The summed E-state index contributed by atoms with van der Waals surface area (Å²) in [6.07, 6.45) is 4.53. The number of hydrogen-bond donors (Lipinski definition) is 1. The Morgan fingerprint density at radius 2 is 1.91 bits per heavy atom. The molecule has 1 atom stereocenters. The van der Waals surface area contributed by atoms with Crippen LogP contribution in [0.2, 0.25) is 0 Å². The van der Waals surface area contributed by atoms with Gasteiger partial charge in [0, 0.05) is 0 Å². The Hall–Kier alpha value is -3.55. The molecule has 8 heteroatoms. The Morgan fingerprint density at radius 1 is 1.12 bits per heavy atom. The standard InChI is InChI=1S/C24H26N4O4/c1-16(18-11-10-17-6-2-3-7-19(17)14-18)25-22(29)15-32-23(30)12-13-28-24(31)20-8-4-5-9-21(20)26-27-28/h4-5,8-11,14,16H,2-3,6-7,12-13,15H2,1H3,(H,25,29). The van der Waals surface area contributed by atoms with E-state index in [0.29, 0.717) is 10.9 Å². The molecule has 4 rings (SSSR count). The van der Waals surface area contributed by atoms with E-state index in [1.54, 1.807) is 24.3 Å². The van der Waals surface area contributed by atoms with Gasteiger partial charge in [0.05, 0.1) is 24.4 Å². The summed E-state index contributed by atoms with van der Waals surface area (Å²) in [6.45, 7) is 1.57.